The van der Waals surface area contributed by atoms with Gasteiger partial charge in [0.05, 0.1) is 12.7 Å². The number of hydrogen-bond acceptors (Lipinski definition) is 5. The van der Waals surface area contributed by atoms with Gasteiger partial charge in [0.2, 0.25) is 5.91 Å². The van der Waals surface area contributed by atoms with Crippen LogP contribution in [0.5, 0.6) is 0 Å². The van der Waals surface area contributed by atoms with Crippen LogP contribution in [-0.4, -0.2) is 30.0 Å². The third-order valence-electron chi connectivity index (χ3n) is 3.21. The minimum atomic E-state index is -0.532. The Kier molecular flexibility index (Phi) is 6.40. The molecule has 3 N–H and O–H groups in total. The van der Waals surface area contributed by atoms with Gasteiger partial charge in [-0.05, 0) is 48.6 Å². The average molecular weight is 371 g/mol. The van der Waals surface area contributed by atoms with E-state index in [4.69, 9.17) is 12.2 Å². The molecule has 26 heavy (non-hydrogen) atoms. The molecule has 0 fully saturated rings. The van der Waals surface area contributed by atoms with Crippen molar-refractivity contribution in [2.45, 2.75) is 6.92 Å². The van der Waals surface area contributed by atoms with Crippen LogP contribution in [0.15, 0.2) is 48.5 Å². The molecule has 0 aliphatic rings. The highest BCUT2D eigenvalue weighted by Gasteiger charge is 2.12. The van der Waals surface area contributed by atoms with Gasteiger partial charge in [-0.3, -0.25) is 14.9 Å². The standard InChI is InChI=1S/C18H17N3O4S/c1-11(22)19-14-7-4-8-15(10-14)20-18(26)21-16(23)12-5-3-6-13(9-12)17(24)25-2/h3-10H,1-2H3,(H,19,22)(H2,20,21,23,26). The highest BCUT2D eigenvalue weighted by atomic mass is 32.1. The van der Waals surface area contributed by atoms with Gasteiger partial charge in [-0.15, -0.1) is 0 Å². The molecule has 0 saturated heterocycles. The predicted octanol–water partition coefficient (Wildman–Crippen LogP) is 2.56. The summed E-state index contributed by atoms with van der Waals surface area (Å²) in [4.78, 5) is 34.9. The Morgan fingerprint density at radius 2 is 1.54 bits per heavy atom. The monoisotopic (exact) mass is 371 g/mol. The second-order valence-corrected chi connectivity index (χ2v) is 5.65. The molecule has 0 unspecified atom stereocenters. The number of thiocarbonyl (C=S) groups is 1. The lowest BCUT2D eigenvalue weighted by Crippen LogP contribution is -2.34. The number of benzene rings is 2. The van der Waals surface area contributed by atoms with Crippen LogP contribution in [0.2, 0.25) is 0 Å². The average Bonchev–Trinajstić information content (AvgIpc) is 2.60. The molecular formula is C18H17N3O4S. The number of hydrogen-bond donors (Lipinski definition) is 3. The maximum absolute atomic E-state index is 12.3. The summed E-state index contributed by atoms with van der Waals surface area (Å²) in [5, 5.41) is 8.13. The lowest BCUT2D eigenvalue weighted by atomic mass is 10.1. The maximum Gasteiger partial charge on any atom is 0.337 e. The predicted molar refractivity (Wildman–Crippen MR) is 102 cm³/mol. The second-order valence-electron chi connectivity index (χ2n) is 5.24. The molecule has 2 aromatic rings. The first-order chi connectivity index (χ1) is 12.4. The summed E-state index contributed by atoms with van der Waals surface area (Å²) in [6.07, 6.45) is 0. The molecule has 0 spiro atoms. The number of esters is 1. The van der Waals surface area contributed by atoms with E-state index in [1.807, 2.05) is 0 Å². The molecule has 0 radical (unpaired) electrons. The molecule has 8 heteroatoms. The zero-order valence-electron chi connectivity index (χ0n) is 14.2. The molecule has 0 aliphatic carbocycles. The maximum atomic E-state index is 12.3. The number of carbonyl (C=O) groups is 3. The summed E-state index contributed by atoms with van der Waals surface area (Å²) in [6.45, 7) is 1.41. The molecule has 0 saturated carbocycles. The van der Waals surface area contributed by atoms with Gasteiger partial charge in [0, 0.05) is 23.9 Å². The number of anilines is 2. The van der Waals surface area contributed by atoms with E-state index in [9.17, 15) is 14.4 Å². The topological polar surface area (TPSA) is 96.5 Å². The van der Waals surface area contributed by atoms with Crippen molar-refractivity contribution in [1.29, 1.82) is 0 Å². The first-order valence-electron chi connectivity index (χ1n) is 7.57. The molecule has 2 aromatic carbocycles. The molecule has 0 aromatic heterocycles. The Morgan fingerprint density at radius 1 is 0.923 bits per heavy atom. The van der Waals surface area contributed by atoms with Gasteiger partial charge in [-0.25, -0.2) is 4.79 Å². The summed E-state index contributed by atoms with van der Waals surface area (Å²) in [7, 11) is 1.27. The van der Waals surface area contributed by atoms with Crippen LogP contribution < -0.4 is 16.0 Å². The van der Waals surface area contributed by atoms with Crippen LogP contribution in [0.3, 0.4) is 0 Å². The largest absolute Gasteiger partial charge is 0.465 e. The van der Waals surface area contributed by atoms with Crippen molar-refractivity contribution in [3.05, 3.63) is 59.7 Å². The van der Waals surface area contributed by atoms with E-state index < -0.39 is 11.9 Å². The van der Waals surface area contributed by atoms with Gasteiger partial charge in [0.25, 0.3) is 5.91 Å². The summed E-state index contributed by atoms with van der Waals surface area (Å²) < 4.78 is 4.63. The van der Waals surface area contributed by atoms with E-state index >= 15 is 0 Å². The third kappa shape index (κ3) is 5.38. The van der Waals surface area contributed by atoms with Gasteiger partial charge < -0.3 is 15.4 Å². The van der Waals surface area contributed by atoms with Crippen molar-refractivity contribution in [3.63, 3.8) is 0 Å². The Labute approximate surface area is 155 Å². The van der Waals surface area contributed by atoms with E-state index in [1.165, 1.54) is 20.1 Å². The Hall–Kier alpha value is -3.26. The van der Waals surface area contributed by atoms with Crippen LogP contribution >= 0.6 is 12.2 Å². The first kappa shape index (κ1) is 19.1. The van der Waals surface area contributed by atoms with Crippen LogP contribution in [0.25, 0.3) is 0 Å². The van der Waals surface area contributed by atoms with Crippen LogP contribution in [0.4, 0.5) is 11.4 Å². The number of methoxy groups -OCH3 is 1. The Balaban J connectivity index is 2.02. The number of carbonyl (C=O) groups excluding carboxylic acids is 3. The number of nitrogens with one attached hydrogen (secondary N) is 3. The lowest BCUT2D eigenvalue weighted by molar-refractivity contribution is -0.114. The van der Waals surface area contributed by atoms with Crippen molar-refractivity contribution in [3.8, 4) is 0 Å². The van der Waals surface area contributed by atoms with Crippen LogP contribution in [0, 0.1) is 0 Å². The SMILES string of the molecule is COC(=O)c1cccc(C(=O)NC(=S)Nc2cccc(NC(C)=O)c2)c1. The zero-order chi connectivity index (χ0) is 19.1. The second kappa shape index (κ2) is 8.72. The lowest BCUT2D eigenvalue weighted by Gasteiger charge is -2.11. The van der Waals surface area contributed by atoms with E-state index in [1.54, 1.807) is 42.5 Å². The van der Waals surface area contributed by atoms with Crippen molar-refractivity contribution in [2.24, 2.45) is 0 Å². The molecule has 2 rings (SSSR count). The smallest absolute Gasteiger partial charge is 0.337 e. The van der Waals surface area contributed by atoms with Crippen LogP contribution in [-0.2, 0) is 9.53 Å². The molecule has 0 aliphatic heterocycles. The van der Waals surface area contributed by atoms with E-state index in [0.717, 1.165) is 0 Å². The quantitative estimate of drug-likeness (QED) is 0.565. The fourth-order valence-electron chi connectivity index (χ4n) is 2.12. The molecular weight excluding hydrogens is 354 g/mol. The Morgan fingerprint density at radius 3 is 2.19 bits per heavy atom. The molecule has 134 valence electrons. The third-order valence-corrected chi connectivity index (χ3v) is 3.42. The normalized spacial score (nSPS) is 9.77. The van der Waals surface area contributed by atoms with Gasteiger partial charge >= 0.3 is 5.97 Å². The van der Waals surface area contributed by atoms with Crippen LogP contribution in [0.1, 0.15) is 27.6 Å². The minimum Gasteiger partial charge on any atom is -0.465 e. The number of ether oxygens (including phenoxy) is 1. The highest BCUT2D eigenvalue weighted by Crippen LogP contribution is 2.15. The molecule has 7 nitrogen and oxygen atoms in total. The number of rotatable bonds is 4. The van der Waals surface area contributed by atoms with E-state index in [2.05, 4.69) is 20.7 Å². The minimum absolute atomic E-state index is 0.0819. The summed E-state index contributed by atoms with van der Waals surface area (Å²) in [5.74, 6) is -1.19. The van der Waals surface area contributed by atoms with Crippen molar-refractivity contribution in [2.75, 3.05) is 17.7 Å². The fraction of sp³-hybridized carbons (Fsp3) is 0.111. The Bertz CT molecular complexity index is 867. The summed E-state index contributed by atoms with van der Waals surface area (Å²) in [6, 6.07) is 13.0. The van der Waals surface area contributed by atoms with Crippen molar-refractivity contribution >= 4 is 46.5 Å². The van der Waals surface area contributed by atoms with Crippen molar-refractivity contribution < 1.29 is 19.1 Å². The summed E-state index contributed by atoms with van der Waals surface area (Å²) >= 11 is 5.13. The van der Waals surface area contributed by atoms with Gasteiger partial charge in [-0.1, -0.05) is 12.1 Å². The fourth-order valence-corrected chi connectivity index (χ4v) is 2.33. The zero-order valence-corrected chi connectivity index (χ0v) is 15.0. The van der Waals surface area contributed by atoms with E-state index in [-0.39, 0.29) is 22.1 Å². The molecule has 0 atom stereocenters. The van der Waals surface area contributed by atoms with E-state index in [0.29, 0.717) is 11.4 Å². The molecule has 2 amide bonds. The first-order valence-corrected chi connectivity index (χ1v) is 7.98. The van der Waals surface area contributed by atoms with Crippen molar-refractivity contribution in [1.82, 2.24) is 5.32 Å². The number of amides is 2. The molecule has 0 heterocycles. The summed E-state index contributed by atoms with van der Waals surface area (Å²) in [5.41, 5.74) is 1.73. The molecule has 0 bridgehead atoms. The van der Waals surface area contributed by atoms with Gasteiger partial charge in [0.15, 0.2) is 5.11 Å². The van der Waals surface area contributed by atoms with Gasteiger partial charge in [0.1, 0.15) is 0 Å². The van der Waals surface area contributed by atoms with Gasteiger partial charge in [-0.2, -0.15) is 0 Å². The highest BCUT2D eigenvalue weighted by molar-refractivity contribution is 7.80.